The highest BCUT2D eigenvalue weighted by atomic mass is 35.5. The number of nitrogens with zero attached hydrogens (tertiary/aromatic N) is 1. The molecule has 102 valence electrons. The van der Waals surface area contributed by atoms with E-state index >= 15 is 0 Å². The molecule has 0 saturated heterocycles. The Morgan fingerprint density at radius 1 is 1.37 bits per heavy atom. The van der Waals surface area contributed by atoms with E-state index in [-0.39, 0.29) is 25.6 Å². The Labute approximate surface area is 116 Å². The maximum Gasteiger partial charge on any atom is 0.225 e. The molecule has 0 radical (unpaired) electrons. The third-order valence-corrected chi connectivity index (χ3v) is 2.37. The molecule has 0 aliphatic heterocycles. The Kier molecular flexibility index (Phi) is 6.05. The molecule has 0 amide bonds. The normalized spacial score (nSPS) is 10.9. The first-order chi connectivity index (χ1) is 8.83. The number of halogens is 2. The summed E-state index contributed by atoms with van der Waals surface area (Å²) in [6, 6.07) is 7.18. The van der Waals surface area contributed by atoms with Gasteiger partial charge in [-0.1, -0.05) is 0 Å². The van der Waals surface area contributed by atoms with Gasteiger partial charge < -0.3 is 14.9 Å². The molecule has 1 aromatic carbocycles. The van der Waals surface area contributed by atoms with Crippen molar-refractivity contribution < 1.29 is 13.5 Å². The van der Waals surface area contributed by atoms with Gasteiger partial charge in [-0.15, -0.1) is 12.4 Å². The highest BCUT2D eigenvalue weighted by Gasteiger charge is 2.03. The van der Waals surface area contributed by atoms with Crippen LogP contribution in [0.3, 0.4) is 0 Å². The summed E-state index contributed by atoms with van der Waals surface area (Å²) in [4.78, 5) is 4.03. The standard InChI is InChI=1S/C13H13FN2O2.ClH/c14-7-10(8-15)9-18-12-3-1-11(2-4-12)13-16-5-6-17-13;/h1-7H,8-9,15H2;1H/b10-7-;. The van der Waals surface area contributed by atoms with Crippen LogP contribution < -0.4 is 10.5 Å². The molecule has 2 aromatic rings. The van der Waals surface area contributed by atoms with Crippen molar-refractivity contribution >= 4 is 12.4 Å². The van der Waals surface area contributed by atoms with Crippen molar-refractivity contribution in [2.75, 3.05) is 13.2 Å². The lowest BCUT2D eigenvalue weighted by Gasteiger charge is -2.07. The van der Waals surface area contributed by atoms with Gasteiger partial charge in [0, 0.05) is 17.7 Å². The molecule has 0 aliphatic carbocycles. The third kappa shape index (κ3) is 4.08. The zero-order valence-electron chi connectivity index (χ0n) is 10.1. The fraction of sp³-hybridized carbons (Fsp3) is 0.154. The van der Waals surface area contributed by atoms with Crippen LogP contribution in [0, 0.1) is 0 Å². The van der Waals surface area contributed by atoms with Crippen LogP contribution in [0.5, 0.6) is 5.75 Å². The zero-order chi connectivity index (χ0) is 12.8. The molecule has 2 rings (SSSR count). The average molecular weight is 285 g/mol. The van der Waals surface area contributed by atoms with E-state index in [1.165, 1.54) is 6.26 Å². The monoisotopic (exact) mass is 284 g/mol. The molecule has 0 fully saturated rings. The van der Waals surface area contributed by atoms with Crippen LogP contribution in [0.2, 0.25) is 0 Å². The fourth-order valence-corrected chi connectivity index (χ4v) is 1.37. The van der Waals surface area contributed by atoms with Gasteiger partial charge in [0.05, 0.1) is 12.5 Å². The summed E-state index contributed by atoms with van der Waals surface area (Å²) in [5.74, 6) is 1.19. The SMILES string of the molecule is Cl.NC/C(=C/F)COc1ccc(-c2ncco2)cc1. The number of aromatic nitrogens is 1. The number of nitrogens with two attached hydrogens (primary N) is 1. The van der Waals surface area contributed by atoms with Gasteiger partial charge in [0.1, 0.15) is 18.6 Å². The third-order valence-electron chi connectivity index (χ3n) is 2.37. The van der Waals surface area contributed by atoms with Crippen LogP contribution in [-0.4, -0.2) is 18.1 Å². The first-order valence-electron chi connectivity index (χ1n) is 5.44. The van der Waals surface area contributed by atoms with Crippen LogP contribution in [-0.2, 0) is 0 Å². The molecular formula is C13H14ClFN2O2. The highest BCUT2D eigenvalue weighted by Crippen LogP contribution is 2.20. The summed E-state index contributed by atoms with van der Waals surface area (Å²) in [6.07, 6.45) is 3.57. The van der Waals surface area contributed by atoms with E-state index in [1.54, 1.807) is 18.3 Å². The van der Waals surface area contributed by atoms with Gasteiger partial charge in [-0.2, -0.15) is 0 Å². The maximum atomic E-state index is 12.3. The van der Waals surface area contributed by atoms with Gasteiger partial charge in [-0.05, 0) is 24.3 Å². The first-order valence-corrected chi connectivity index (χ1v) is 5.44. The predicted octanol–water partition coefficient (Wildman–Crippen LogP) is 2.95. The van der Waals surface area contributed by atoms with E-state index in [2.05, 4.69) is 4.98 Å². The Bertz CT molecular complexity index is 512. The Morgan fingerprint density at radius 3 is 2.63 bits per heavy atom. The summed E-state index contributed by atoms with van der Waals surface area (Å²) in [5.41, 5.74) is 6.59. The van der Waals surface area contributed by atoms with Crippen molar-refractivity contribution in [3.8, 4) is 17.2 Å². The molecule has 0 atom stereocenters. The number of oxazole rings is 1. The Balaban J connectivity index is 0.00000180. The fourth-order valence-electron chi connectivity index (χ4n) is 1.37. The van der Waals surface area contributed by atoms with Crippen molar-refractivity contribution in [3.63, 3.8) is 0 Å². The van der Waals surface area contributed by atoms with E-state index < -0.39 is 0 Å². The van der Waals surface area contributed by atoms with Crippen LogP contribution in [0.4, 0.5) is 4.39 Å². The van der Waals surface area contributed by atoms with E-state index in [9.17, 15) is 4.39 Å². The van der Waals surface area contributed by atoms with Crippen molar-refractivity contribution in [1.29, 1.82) is 0 Å². The lowest BCUT2D eigenvalue weighted by molar-refractivity contribution is 0.347. The Morgan fingerprint density at radius 2 is 2.11 bits per heavy atom. The molecule has 0 aliphatic rings. The summed E-state index contributed by atoms with van der Waals surface area (Å²) in [6.45, 7) is 0.288. The van der Waals surface area contributed by atoms with Gasteiger partial charge in [-0.25, -0.2) is 9.37 Å². The van der Waals surface area contributed by atoms with E-state index in [0.29, 0.717) is 23.5 Å². The minimum absolute atomic E-state index is 0. The van der Waals surface area contributed by atoms with Crippen LogP contribution in [0.1, 0.15) is 0 Å². The van der Waals surface area contributed by atoms with E-state index in [4.69, 9.17) is 14.9 Å². The molecule has 0 unspecified atom stereocenters. The molecule has 1 heterocycles. The molecule has 0 spiro atoms. The topological polar surface area (TPSA) is 61.3 Å². The van der Waals surface area contributed by atoms with E-state index in [0.717, 1.165) is 5.56 Å². The molecule has 6 heteroatoms. The largest absolute Gasteiger partial charge is 0.489 e. The molecule has 2 N–H and O–H groups in total. The number of hydrogen-bond donors (Lipinski definition) is 1. The lowest BCUT2D eigenvalue weighted by atomic mass is 10.2. The van der Waals surface area contributed by atoms with Crippen LogP contribution in [0.15, 0.2) is 53.0 Å². The van der Waals surface area contributed by atoms with Gasteiger partial charge in [0.2, 0.25) is 5.89 Å². The number of hydrogen-bond acceptors (Lipinski definition) is 4. The minimum atomic E-state index is 0. The Hall–Kier alpha value is -1.85. The van der Waals surface area contributed by atoms with Crippen molar-refractivity contribution in [2.45, 2.75) is 0 Å². The first kappa shape index (κ1) is 15.2. The average Bonchev–Trinajstić information content (AvgIpc) is 2.94. The maximum absolute atomic E-state index is 12.3. The molecule has 1 aromatic heterocycles. The second kappa shape index (κ2) is 7.56. The van der Waals surface area contributed by atoms with Crippen molar-refractivity contribution in [2.24, 2.45) is 5.73 Å². The van der Waals surface area contributed by atoms with Crippen LogP contribution >= 0.6 is 12.4 Å². The summed E-state index contributed by atoms with van der Waals surface area (Å²) in [5, 5.41) is 0. The van der Waals surface area contributed by atoms with Crippen molar-refractivity contribution in [3.05, 3.63) is 48.6 Å². The summed E-state index contributed by atoms with van der Waals surface area (Å²) in [7, 11) is 0. The van der Waals surface area contributed by atoms with E-state index in [1.807, 2.05) is 12.1 Å². The van der Waals surface area contributed by atoms with Gasteiger partial charge >= 0.3 is 0 Å². The van der Waals surface area contributed by atoms with Gasteiger partial charge in [-0.3, -0.25) is 0 Å². The molecular weight excluding hydrogens is 271 g/mol. The highest BCUT2D eigenvalue weighted by molar-refractivity contribution is 5.85. The summed E-state index contributed by atoms with van der Waals surface area (Å²) < 4.78 is 22.8. The number of benzene rings is 1. The molecule has 4 nitrogen and oxygen atoms in total. The summed E-state index contributed by atoms with van der Waals surface area (Å²) >= 11 is 0. The number of rotatable bonds is 5. The molecule has 19 heavy (non-hydrogen) atoms. The lowest BCUT2D eigenvalue weighted by Crippen LogP contribution is -2.10. The second-order valence-corrected chi connectivity index (χ2v) is 3.62. The quantitative estimate of drug-likeness (QED) is 0.917. The van der Waals surface area contributed by atoms with Crippen LogP contribution in [0.25, 0.3) is 11.5 Å². The van der Waals surface area contributed by atoms with Gasteiger partial charge in [0.25, 0.3) is 0 Å². The zero-order valence-corrected chi connectivity index (χ0v) is 10.9. The van der Waals surface area contributed by atoms with Gasteiger partial charge in [0.15, 0.2) is 0 Å². The molecule has 0 bridgehead atoms. The van der Waals surface area contributed by atoms with Crippen molar-refractivity contribution in [1.82, 2.24) is 4.98 Å². The molecule has 0 saturated carbocycles. The second-order valence-electron chi connectivity index (χ2n) is 3.62. The predicted molar refractivity (Wildman–Crippen MR) is 72.9 cm³/mol. The number of ether oxygens (including phenoxy) is 1. The smallest absolute Gasteiger partial charge is 0.225 e. The minimum Gasteiger partial charge on any atom is -0.489 e.